The van der Waals surface area contributed by atoms with Gasteiger partial charge in [0, 0.05) is 22.7 Å². The Morgan fingerprint density at radius 3 is 2.77 bits per heavy atom. The molecule has 2 heterocycles. The van der Waals surface area contributed by atoms with E-state index < -0.39 is 15.8 Å². The zero-order valence-corrected chi connectivity index (χ0v) is 12.1. The molecule has 0 bridgehead atoms. The average molecular weight is 317 g/mol. The first-order valence-corrected chi connectivity index (χ1v) is 7.88. The highest BCUT2D eigenvalue weighted by molar-refractivity contribution is 7.95. The highest BCUT2D eigenvalue weighted by Gasteiger charge is 2.28. The standard InChI is InChI=1S/C15H11NO5S/c17-15(18)10-3-4-14-13(6-10)11(9-22(14,19)20)8-21-12-2-1-5-16-7-12/h1-7,9H,8H2,(H,17,18). The number of aromatic nitrogens is 1. The maximum atomic E-state index is 12.1. The molecule has 0 saturated heterocycles. The fourth-order valence-corrected chi connectivity index (χ4v) is 3.63. The van der Waals surface area contributed by atoms with Gasteiger partial charge in [0.05, 0.1) is 16.7 Å². The summed E-state index contributed by atoms with van der Waals surface area (Å²) in [5, 5.41) is 10.1. The minimum Gasteiger partial charge on any atom is -0.487 e. The van der Waals surface area contributed by atoms with Gasteiger partial charge in [-0.25, -0.2) is 13.2 Å². The molecule has 7 heteroatoms. The number of nitrogens with zero attached hydrogens (tertiary/aromatic N) is 1. The Balaban J connectivity index is 1.94. The fraction of sp³-hybridized carbons (Fsp3) is 0.0667. The molecule has 2 aromatic rings. The molecule has 1 aliphatic rings. The lowest BCUT2D eigenvalue weighted by Crippen LogP contribution is -2.02. The van der Waals surface area contributed by atoms with E-state index in [9.17, 15) is 13.2 Å². The van der Waals surface area contributed by atoms with Crippen LogP contribution >= 0.6 is 0 Å². The molecule has 1 aromatic carbocycles. The molecule has 3 rings (SSSR count). The lowest BCUT2D eigenvalue weighted by molar-refractivity contribution is 0.0696. The Kier molecular flexibility index (Phi) is 3.42. The quantitative estimate of drug-likeness (QED) is 0.927. The van der Waals surface area contributed by atoms with Crippen molar-refractivity contribution in [2.75, 3.05) is 6.61 Å². The number of carboxylic acids is 1. The van der Waals surface area contributed by atoms with Gasteiger partial charge in [0.2, 0.25) is 9.84 Å². The summed E-state index contributed by atoms with van der Waals surface area (Å²) >= 11 is 0. The van der Waals surface area contributed by atoms with Crippen LogP contribution in [0, 0.1) is 0 Å². The summed E-state index contributed by atoms with van der Waals surface area (Å²) in [7, 11) is -3.55. The number of fused-ring (bicyclic) bond motifs is 1. The fourth-order valence-electron chi connectivity index (χ4n) is 2.18. The topological polar surface area (TPSA) is 93.6 Å². The van der Waals surface area contributed by atoms with Gasteiger partial charge in [-0.05, 0) is 30.3 Å². The number of ether oxygens (including phenoxy) is 1. The Hall–Kier alpha value is -2.67. The number of hydrogen-bond acceptors (Lipinski definition) is 5. The number of sulfone groups is 1. The van der Waals surface area contributed by atoms with E-state index >= 15 is 0 Å². The van der Waals surface area contributed by atoms with E-state index in [4.69, 9.17) is 9.84 Å². The first-order chi connectivity index (χ1) is 10.5. The second-order valence-corrected chi connectivity index (χ2v) is 6.45. The van der Waals surface area contributed by atoms with Gasteiger partial charge in [-0.2, -0.15) is 0 Å². The minimum atomic E-state index is -3.55. The normalized spacial score (nSPS) is 15.0. The molecule has 0 unspecified atom stereocenters. The van der Waals surface area contributed by atoms with Crippen LogP contribution in [0.25, 0.3) is 5.57 Å². The van der Waals surface area contributed by atoms with Crippen molar-refractivity contribution in [3.05, 3.63) is 59.3 Å². The van der Waals surface area contributed by atoms with Crippen LogP contribution < -0.4 is 4.74 Å². The van der Waals surface area contributed by atoms with E-state index in [0.29, 0.717) is 16.9 Å². The lowest BCUT2D eigenvalue weighted by Gasteiger charge is -2.08. The maximum Gasteiger partial charge on any atom is 0.335 e. The Bertz CT molecular complexity index is 872. The van der Waals surface area contributed by atoms with Crippen LogP contribution in [0.4, 0.5) is 0 Å². The van der Waals surface area contributed by atoms with Crippen molar-refractivity contribution in [3.8, 4) is 5.75 Å². The Morgan fingerprint density at radius 1 is 1.27 bits per heavy atom. The van der Waals surface area contributed by atoms with Gasteiger partial charge in [-0.1, -0.05) is 0 Å². The van der Waals surface area contributed by atoms with Gasteiger partial charge >= 0.3 is 5.97 Å². The van der Waals surface area contributed by atoms with Crippen molar-refractivity contribution in [2.45, 2.75) is 4.90 Å². The van der Waals surface area contributed by atoms with E-state index in [-0.39, 0.29) is 17.1 Å². The summed E-state index contributed by atoms with van der Waals surface area (Å²) in [5.74, 6) is -0.608. The zero-order chi connectivity index (χ0) is 15.7. The summed E-state index contributed by atoms with van der Waals surface area (Å²) in [6.45, 7) is 0.0149. The minimum absolute atomic E-state index is 0.0149. The van der Waals surface area contributed by atoms with Crippen LogP contribution in [-0.2, 0) is 9.84 Å². The predicted molar refractivity (Wildman–Crippen MR) is 78.3 cm³/mol. The predicted octanol–water partition coefficient (Wildman–Crippen LogP) is 1.99. The number of hydrogen-bond donors (Lipinski definition) is 1. The molecule has 0 atom stereocenters. The summed E-state index contributed by atoms with van der Waals surface area (Å²) in [5.41, 5.74) is 0.814. The number of aromatic carboxylic acids is 1. The SMILES string of the molecule is O=C(O)c1ccc2c(c1)C(COc1cccnc1)=CS2(=O)=O. The summed E-state index contributed by atoms with van der Waals surface area (Å²) < 4.78 is 29.6. The van der Waals surface area contributed by atoms with Gasteiger partial charge in [-0.15, -0.1) is 0 Å². The number of carbonyl (C=O) groups is 1. The maximum absolute atomic E-state index is 12.1. The third-order valence-electron chi connectivity index (χ3n) is 3.21. The van der Waals surface area contributed by atoms with E-state index in [2.05, 4.69) is 4.98 Å². The number of carboxylic acid groups (broad SMARTS) is 1. The smallest absolute Gasteiger partial charge is 0.335 e. The van der Waals surface area contributed by atoms with Crippen LogP contribution in [0.5, 0.6) is 5.75 Å². The van der Waals surface area contributed by atoms with Crippen molar-refractivity contribution in [1.82, 2.24) is 4.98 Å². The molecule has 6 nitrogen and oxygen atoms in total. The molecule has 1 aromatic heterocycles. The molecule has 0 spiro atoms. The van der Waals surface area contributed by atoms with Crippen LogP contribution in [0.15, 0.2) is 53.0 Å². The van der Waals surface area contributed by atoms with Crippen LogP contribution in [0.3, 0.4) is 0 Å². The summed E-state index contributed by atoms with van der Waals surface area (Å²) in [6, 6.07) is 7.33. The van der Waals surface area contributed by atoms with Crippen LogP contribution in [0.1, 0.15) is 15.9 Å². The van der Waals surface area contributed by atoms with Crippen LogP contribution in [0.2, 0.25) is 0 Å². The van der Waals surface area contributed by atoms with E-state index in [0.717, 1.165) is 5.41 Å². The molecule has 0 saturated carbocycles. The van der Waals surface area contributed by atoms with Gasteiger partial charge in [0.1, 0.15) is 12.4 Å². The molecular formula is C15H11NO5S. The van der Waals surface area contributed by atoms with Gasteiger partial charge in [0.15, 0.2) is 0 Å². The number of pyridine rings is 1. The van der Waals surface area contributed by atoms with Crippen molar-refractivity contribution >= 4 is 21.4 Å². The number of rotatable bonds is 4. The monoisotopic (exact) mass is 317 g/mol. The second-order valence-electron chi connectivity index (χ2n) is 4.68. The molecule has 0 radical (unpaired) electrons. The Morgan fingerprint density at radius 2 is 2.09 bits per heavy atom. The second kappa shape index (κ2) is 5.27. The van der Waals surface area contributed by atoms with E-state index in [1.165, 1.54) is 24.4 Å². The lowest BCUT2D eigenvalue weighted by atomic mass is 10.1. The molecule has 1 N–H and O–H groups in total. The summed E-state index contributed by atoms with van der Waals surface area (Å²) in [6.07, 6.45) is 3.11. The van der Waals surface area contributed by atoms with Crippen LogP contribution in [-0.4, -0.2) is 31.1 Å². The third kappa shape index (κ3) is 2.58. The molecule has 1 aliphatic heterocycles. The third-order valence-corrected chi connectivity index (χ3v) is 4.77. The van der Waals surface area contributed by atoms with Crippen molar-refractivity contribution in [1.29, 1.82) is 0 Å². The van der Waals surface area contributed by atoms with Crippen molar-refractivity contribution in [3.63, 3.8) is 0 Å². The zero-order valence-electron chi connectivity index (χ0n) is 11.3. The highest BCUT2D eigenvalue weighted by atomic mass is 32.2. The Labute approximate surface area is 126 Å². The summed E-state index contributed by atoms with van der Waals surface area (Å²) in [4.78, 5) is 15.0. The first-order valence-electron chi connectivity index (χ1n) is 6.33. The molecule has 22 heavy (non-hydrogen) atoms. The van der Waals surface area contributed by atoms with Gasteiger partial charge < -0.3 is 9.84 Å². The highest BCUT2D eigenvalue weighted by Crippen LogP contribution is 2.34. The molecule has 0 fully saturated rings. The van der Waals surface area contributed by atoms with E-state index in [1.54, 1.807) is 18.3 Å². The van der Waals surface area contributed by atoms with Gasteiger partial charge in [-0.3, -0.25) is 4.98 Å². The number of benzene rings is 1. The molecule has 0 aliphatic carbocycles. The molecular weight excluding hydrogens is 306 g/mol. The van der Waals surface area contributed by atoms with Crippen molar-refractivity contribution in [2.24, 2.45) is 0 Å². The average Bonchev–Trinajstić information content (AvgIpc) is 2.77. The molecule has 112 valence electrons. The van der Waals surface area contributed by atoms with Gasteiger partial charge in [0.25, 0.3) is 0 Å². The van der Waals surface area contributed by atoms with Crippen molar-refractivity contribution < 1.29 is 23.1 Å². The first kappa shape index (κ1) is 14.3. The van der Waals surface area contributed by atoms with E-state index in [1.807, 2.05) is 0 Å². The molecule has 0 amide bonds. The largest absolute Gasteiger partial charge is 0.487 e.